The monoisotopic (exact) mass is 714 g/mol. The van der Waals surface area contributed by atoms with Crippen LogP contribution in [0.4, 0.5) is 4.79 Å². The van der Waals surface area contributed by atoms with Crippen LogP contribution in [0, 0.1) is 34.5 Å². The third kappa shape index (κ3) is 7.85. The van der Waals surface area contributed by atoms with Gasteiger partial charge in [-0.25, -0.2) is 17.5 Å². The van der Waals surface area contributed by atoms with E-state index < -0.39 is 63.2 Å². The predicted octanol–water partition coefficient (Wildman–Crippen LogP) is 1.59. The van der Waals surface area contributed by atoms with Gasteiger partial charge in [-0.3, -0.25) is 19.2 Å². The molecule has 5 amide bonds. The summed E-state index contributed by atoms with van der Waals surface area (Å²) in [6.07, 6.45) is 3.23. The second kappa shape index (κ2) is 13.9. The van der Waals surface area contributed by atoms with Gasteiger partial charge in [-0.1, -0.05) is 71.7 Å². The fourth-order valence-electron chi connectivity index (χ4n) is 8.02. The van der Waals surface area contributed by atoms with E-state index in [4.69, 9.17) is 5.73 Å². The Morgan fingerprint density at radius 3 is 2.14 bits per heavy atom. The van der Waals surface area contributed by atoms with Gasteiger partial charge in [0.2, 0.25) is 27.6 Å². The summed E-state index contributed by atoms with van der Waals surface area (Å²) in [7, 11) is -2.03. The summed E-state index contributed by atoms with van der Waals surface area (Å²) in [5.74, 6) is -3.10. The highest BCUT2D eigenvalue weighted by atomic mass is 32.2. The van der Waals surface area contributed by atoms with E-state index in [1.807, 2.05) is 45.0 Å². The maximum atomic E-state index is 14.7. The van der Waals surface area contributed by atoms with Crippen LogP contribution in [0.15, 0.2) is 24.3 Å². The molecular formula is C36H54N6O7S. The van der Waals surface area contributed by atoms with Crippen LogP contribution in [0.25, 0.3) is 0 Å². The lowest BCUT2D eigenvalue weighted by Crippen LogP contribution is -2.61. The second-order valence-electron chi connectivity index (χ2n) is 16.5. The van der Waals surface area contributed by atoms with Gasteiger partial charge in [-0.2, -0.15) is 0 Å². The Kier molecular flexibility index (Phi) is 10.5. The lowest BCUT2D eigenvalue weighted by Gasteiger charge is -2.37. The van der Waals surface area contributed by atoms with Gasteiger partial charge in [0.25, 0.3) is 5.91 Å². The number of carbonyl (C=O) groups excluding carboxylic acids is 5. The standard InChI is InChI=1S/C36H54N6O7S/c1-8-50(48,49)41(7)19-26(35(2,3)4)39-34(47)40-28(23-16-21-11-9-10-12-22(21)17-23)33(46)42-18-24-27(36(24,5)6)29(42)32(45)38-25(15-20-13-14-20)30(43)31(37)44/h9-12,20,23-29H,8,13-19H2,1-7H3,(H2,37,44)(H,38,45)(H2,39,40,47)/t24-,25?,26+,27-,28-,29-/m0/s1. The minimum absolute atomic E-state index is 0.0411. The number of urea groups is 1. The van der Waals surface area contributed by atoms with Crippen LogP contribution in [0.3, 0.4) is 0 Å². The normalized spacial score (nSPS) is 24.5. The molecule has 5 rings (SSSR count). The molecule has 3 aliphatic carbocycles. The molecule has 1 aromatic carbocycles. The minimum Gasteiger partial charge on any atom is -0.363 e. The summed E-state index contributed by atoms with van der Waals surface area (Å²) >= 11 is 0. The first kappa shape index (κ1) is 37.7. The molecule has 1 aliphatic heterocycles. The van der Waals surface area contributed by atoms with Crippen molar-refractivity contribution in [3.63, 3.8) is 0 Å². The first-order valence-corrected chi connectivity index (χ1v) is 19.4. The minimum atomic E-state index is -3.51. The van der Waals surface area contributed by atoms with Crippen molar-refractivity contribution in [3.8, 4) is 0 Å². The molecule has 2 saturated carbocycles. The number of likely N-dealkylation sites (N-methyl/N-ethyl adjacent to an activating group) is 1. The maximum Gasteiger partial charge on any atom is 0.315 e. The highest BCUT2D eigenvalue weighted by molar-refractivity contribution is 7.89. The molecule has 0 spiro atoms. The van der Waals surface area contributed by atoms with Crippen LogP contribution in [-0.4, -0.2) is 97.2 Å². The van der Waals surface area contributed by atoms with E-state index in [9.17, 15) is 32.4 Å². The van der Waals surface area contributed by atoms with Crippen molar-refractivity contribution < 1.29 is 32.4 Å². The number of primary amides is 1. The highest BCUT2D eigenvalue weighted by Crippen LogP contribution is 2.65. The number of benzene rings is 1. The zero-order valence-corrected chi connectivity index (χ0v) is 31.1. The summed E-state index contributed by atoms with van der Waals surface area (Å²) in [5, 5.41) is 8.71. The Morgan fingerprint density at radius 2 is 1.62 bits per heavy atom. The van der Waals surface area contributed by atoms with Crippen molar-refractivity contribution in [1.29, 1.82) is 0 Å². The van der Waals surface area contributed by atoms with E-state index in [2.05, 4.69) is 29.8 Å². The van der Waals surface area contributed by atoms with Crippen LogP contribution in [0.5, 0.6) is 0 Å². The zero-order chi connectivity index (χ0) is 36.9. The highest BCUT2D eigenvalue weighted by Gasteiger charge is 2.70. The molecule has 50 heavy (non-hydrogen) atoms. The number of nitrogens with zero attached hydrogens (tertiary/aromatic N) is 2. The largest absolute Gasteiger partial charge is 0.363 e. The number of hydrogen-bond donors (Lipinski definition) is 4. The number of piperidine rings is 1. The number of ketones is 1. The van der Waals surface area contributed by atoms with Crippen molar-refractivity contribution in [1.82, 2.24) is 25.2 Å². The molecule has 1 heterocycles. The molecule has 3 fully saturated rings. The molecule has 5 N–H and O–H groups in total. The Hall–Kier alpha value is -3.52. The Morgan fingerprint density at radius 1 is 1.02 bits per heavy atom. The van der Waals surface area contributed by atoms with E-state index in [0.717, 1.165) is 24.0 Å². The number of nitrogens with one attached hydrogen (secondary N) is 3. The summed E-state index contributed by atoms with van der Waals surface area (Å²) < 4.78 is 26.4. The lowest BCUT2D eigenvalue weighted by atomic mass is 9.86. The number of amides is 5. The first-order valence-electron chi connectivity index (χ1n) is 17.8. The molecule has 1 aromatic rings. The topological polar surface area (TPSA) is 188 Å². The molecule has 14 heteroatoms. The average Bonchev–Trinajstić information content (AvgIpc) is 3.79. The van der Waals surface area contributed by atoms with Gasteiger partial charge in [0.1, 0.15) is 12.1 Å². The fourth-order valence-corrected chi connectivity index (χ4v) is 8.83. The number of carbonyl (C=O) groups is 5. The van der Waals surface area contributed by atoms with Crippen molar-refractivity contribution in [2.24, 2.45) is 40.2 Å². The van der Waals surface area contributed by atoms with Crippen LogP contribution in [-0.2, 0) is 42.0 Å². The number of sulfonamides is 1. The summed E-state index contributed by atoms with van der Waals surface area (Å²) in [6.45, 7) is 11.7. The van der Waals surface area contributed by atoms with Gasteiger partial charge >= 0.3 is 6.03 Å². The van der Waals surface area contributed by atoms with Gasteiger partial charge in [0, 0.05) is 26.2 Å². The van der Waals surface area contributed by atoms with Crippen molar-refractivity contribution in [2.45, 2.75) is 97.8 Å². The van der Waals surface area contributed by atoms with Crippen LogP contribution >= 0.6 is 0 Å². The number of nitrogens with two attached hydrogens (primary N) is 1. The Balaban J connectivity index is 1.40. The molecule has 0 bridgehead atoms. The molecule has 1 unspecified atom stereocenters. The number of hydrogen-bond acceptors (Lipinski definition) is 7. The third-order valence-electron chi connectivity index (χ3n) is 11.6. The van der Waals surface area contributed by atoms with Crippen LogP contribution < -0.4 is 21.7 Å². The molecule has 4 aliphatic rings. The fraction of sp³-hybridized carbons (Fsp3) is 0.694. The third-order valence-corrected chi connectivity index (χ3v) is 13.5. The number of Topliss-reactive ketones (excluding diaryl/α,β-unsaturated/α-hetero) is 1. The molecule has 0 radical (unpaired) electrons. The van der Waals surface area contributed by atoms with E-state index >= 15 is 0 Å². The lowest BCUT2D eigenvalue weighted by molar-refractivity contribution is -0.144. The number of rotatable bonds is 14. The van der Waals surface area contributed by atoms with Gasteiger partial charge < -0.3 is 26.6 Å². The molecule has 13 nitrogen and oxygen atoms in total. The average molecular weight is 715 g/mol. The van der Waals surface area contributed by atoms with E-state index in [-0.39, 0.29) is 47.3 Å². The second-order valence-corrected chi connectivity index (χ2v) is 18.9. The summed E-state index contributed by atoms with van der Waals surface area (Å²) in [4.78, 5) is 68.8. The van der Waals surface area contributed by atoms with Crippen molar-refractivity contribution in [3.05, 3.63) is 35.4 Å². The molecular weight excluding hydrogens is 660 g/mol. The van der Waals surface area contributed by atoms with E-state index in [0.29, 0.717) is 25.8 Å². The van der Waals surface area contributed by atoms with Crippen molar-refractivity contribution >= 4 is 39.6 Å². The van der Waals surface area contributed by atoms with E-state index in [1.54, 1.807) is 11.8 Å². The maximum absolute atomic E-state index is 14.7. The smallest absolute Gasteiger partial charge is 0.315 e. The summed E-state index contributed by atoms with van der Waals surface area (Å²) in [5.41, 5.74) is 6.78. The molecule has 1 saturated heterocycles. The Labute approximate surface area is 295 Å². The van der Waals surface area contributed by atoms with Gasteiger partial charge in [0.05, 0.1) is 11.8 Å². The van der Waals surface area contributed by atoms with Gasteiger partial charge in [0.15, 0.2) is 0 Å². The van der Waals surface area contributed by atoms with Gasteiger partial charge in [-0.15, -0.1) is 0 Å². The molecule has 276 valence electrons. The first-order chi connectivity index (χ1) is 23.3. The quantitative estimate of drug-likeness (QED) is 0.211. The van der Waals surface area contributed by atoms with Gasteiger partial charge in [-0.05, 0) is 71.8 Å². The number of fused-ring (bicyclic) bond motifs is 2. The number of likely N-dealkylation sites (tertiary alicyclic amines) is 1. The molecule has 0 aromatic heterocycles. The Bertz CT molecular complexity index is 1610. The van der Waals surface area contributed by atoms with Crippen LogP contribution in [0.1, 0.15) is 71.9 Å². The van der Waals surface area contributed by atoms with E-state index in [1.165, 1.54) is 11.4 Å². The summed E-state index contributed by atoms with van der Waals surface area (Å²) in [6, 6.07) is 3.76. The SMILES string of the molecule is CCS(=O)(=O)N(C)C[C@@H](NC(=O)N[C@H](C(=O)N1C[C@H]2[C@@H]([C@H]1C(=O)NC(CC1CC1)C(=O)C(N)=O)C2(C)C)C1Cc2ccccc2C1)C(C)(C)C. The zero-order valence-electron chi connectivity index (χ0n) is 30.3. The predicted molar refractivity (Wildman–Crippen MR) is 188 cm³/mol. The van der Waals surface area contributed by atoms with Crippen molar-refractivity contribution in [2.75, 3.05) is 25.9 Å². The molecule has 6 atom stereocenters. The van der Waals surface area contributed by atoms with Crippen LogP contribution in [0.2, 0.25) is 0 Å².